The number of aliphatic carboxylic acids is 1. The van der Waals surface area contributed by atoms with Gasteiger partial charge in [0.2, 0.25) is 10.0 Å². The number of nitrogens with one attached hydrogen (secondary N) is 1. The van der Waals surface area contributed by atoms with Gasteiger partial charge in [-0.1, -0.05) is 66.2 Å². The van der Waals surface area contributed by atoms with Crippen LogP contribution >= 0.6 is 11.6 Å². The first-order valence-corrected chi connectivity index (χ1v) is 15.7. The van der Waals surface area contributed by atoms with Gasteiger partial charge >= 0.3 is 5.97 Å². The number of hydrogen-bond donors (Lipinski definition) is 3. The van der Waals surface area contributed by atoms with E-state index in [0.29, 0.717) is 17.9 Å². The maximum absolute atomic E-state index is 13.3. The lowest BCUT2D eigenvalue weighted by atomic mass is 9.88. The number of hydrogen-bond acceptors (Lipinski definition) is 5. The van der Waals surface area contributed by atoms with Crippen LogP contribution in [-0.2, 0) is 34.1 Å². The molecule has 0 aliphatic heterocycles. The highest BCUT2D eigenvalue weighted by Crippen LogP contribution is 2.33. The summed E-state index contributed by atoms with van der Waals surface area (Å²) in [6.07, 6.45) is 2.68. The average molecular weight is 599 g/mol. The van der Waals surface area contributed by atoms with Crippen LogP contribution in [0.5, 0.6) is 0 Å². The highest BCUT2D eigenvalue weighted by Gasteiger charge is 2.29. The molecule has 3 N–H and O–H groups in total. The Kier molecular flexibility index (Phi) is 9.93. The van der Waals surface area contributed by atoms with E-state index in [1.807, 2.05) is 24.3 Å². The van der Waals surface area contributed by atoms with E-state index in [-0.39, 0.29) is 35.0 Å². The fraction of sp³-hybridized carbons (Fsp3) is 0.406. The summed E-state index contributed by atoms with van der Waals surface area (Å²) < 4.78 is 27.7. The Hall–Kier alpha value is -2.75. The summed E-state index contributed by atoms with van der Waals surface area (Å²) in [5.74, 6) is -0.310. The Labute approximate surface area is 248 Å². The minimum atomic E-state index is -3.88. The van der Waals surface area contributed by atoms with Gasteiger partial charge < -0.3 is 15.5 Å². The number of carbonyl (C=O) groups is 1. The number of likely N-dealkylation sites (N-methyl/N-ethyl adjacent to an activating group) is 1. The topological polar surface area (TPSA) is 107 Å². The molecule has 0 saturated heterocycles. The molecule has 7 nitrogen and oxygen atoms in total. The summed E-state index contributed by atoms with van der Waals surface area (Å²) in [6.45, 7) is 4.46. The zero-order valence-electron chi connectivity index (χ0n) is 23.8. The van der Waals surface area contributed by atoms with Crippen molar-refractivity contribution in [1.29, 1.82) is 0 Å². The number of carboxylic acids is 1. The predicted molar refractivity (Wildman–Crippen MR) is 163 cm³/mol. The number of nitrogens with zero attached hydrogens (tertiary/aromatic N) is 1. The van der Waals surface area contributed by atoms with E-state index in [0.717, 1.165) is 34.7 Å². The normalized spacial score (nSPS) is 14.8. The van der Waals surface area contributed by atoms with E-state index in [1.165, 1.54) is 30.3 Å². The van der Waals surface area contributed by atoms with Crippen molar-refractivity contribution in [3.8, 4) is 11.1 Å². The number of halogens is 1. The lowest BCUT2D eigenvalue weighted by Gasteiger charge is -2.31. The number of aliphatic hydroxyl groups is 1. The van der Waals surface area contributed by atoms with Crippen LogP contribution in [0.15, 0.2) is 71.6 Å². The molecule has 0 bridgehead atoms. The van der Waals surface area contributed by atoms with Crippen LogP contribution in [0.2, 0.25) is 5.02 Å². The van der Waals surface area contributed by atoms with Crippen LogP contribution in [0.3, 0.4) is 0 Å². The molecular formula is C32H39ClN2O5S. The van der Waals surface area contributed by atoms with Gasteiger partial charge in [-0.05, 0) is 79.8 Å². The number of carboxylic acid groups (broad SMARTS) is 1. The third-order valence-electron chi connectivity index (χ3n) is 7.76. The number of fused-ring (bicyclic) bond motifs is 1. The molecule has 0 spiro atoms. The molecule has 0 aromatic heterocycles. The predicted octanol–water partition coefficient (Wildman–Crippen LogP) is 5.18. The van der Waals surface area contributed by atoms with Gasteiger partial charge in [-0.2, -0.15) is 4.31 Å². The van der Waals surface area contributed by atoms with Gasteiger partial charge in [-0.15, -0.1) is 0 Å². The monoisotopic (exact) mass is 598 g/mol. The summed E-state index contributed by atoms with van der Waals surface area (Å²) in [5, 5.41) is 23.3. The van der Waals surface area contributed by atoms with E-state index in [2.05, 4.69) is 43.4 Å². The molecule has 0 amide bonds. The van der Waals surface area contributed by atoms with Crippen LogP contribution in [0.4, 0.5) is 0 Å². The van der Waals surface area contributed by atoms with Crippen molar-refractivity contribution in [1.82, 2.24) is 9.62 Å². The third-order valence-corrected chi connectivity index (χ3v) is 9.89. The minimum absolute atomic E-state index is 0.0492. The maximum Gasteiger partial charge on any atom is 0.303 e. The second-order valence-corrected chi connectivity index (χ2v) is 14.1. The highest BCUT2D eigenvalue weighted by atomic mass is 35.5. The molecule has 4 rings (SSSR count). The van der Waals surface area contributed by atoms with Crippen molar-refractivity contribution >= 4 is 27.6 Å². The third kappa shape index (κ3) is 8.17. The van der Waals surface area contributed by atoms with E-state index >= 15 is 0 Å². The van der Waals surface area contributed by atoms with E-state index < -0.39 is 22.1 Å². The fourth-order valence-corrected chi connectivity index (χ4v) is 7.20. The summed E-state index contributed by atoms with van der Waals surface area (Å²) in [4.78, 5) is 10.9. The van der Waals surface area contributed by atoms with Gasteiger partial charge in [0.15, 0.2) is 0 Å². The standard InChI is InChI=1S/C32H39ClN2O5S/c1-32(2,19-23-16-25-6-4-5-7-26(25)17-23)34-20-27(36)21-35(3)41(39,40)28-13-14-29(30(33)18-28)24-11-8-22(9-12-24)10-15-31(37)38/h4-9,11-14,18,23,27,34,36H,10,15-17,19-21H2,1-3H3,(H,37,38). The van der Waals surface area contributed by atoms with E-state index in [4.69, 9.17) is 16.7 Å². The molecule has 41 heavy (non-hydrogen) atoms. The minimum Gasteiger partial charge on any atom is -0.481 e. The van der Waals surface area contributed by atoms with Crippen LogP contribution in [0.1, 0.15) is 43.4 Å². The number of aliphatic hydroxyl groups excluding tert-OH is 1. The van der Waals surface area contributed by atoms with Crippen LogP contribution in [0.25, 0.3) is 11.1 Å². The Morgan fingerprint density at radius 2 is 1.71 bits per heavy atom. The highest BCUT2D eigenvalue weighted by molar-refractivity contribution is 7.89. The number of sulfonamides is 1. The Morgan fingerprint density at radius 1 is 1.07 bits per heavy atom. The zero-order valence-corrected chi connectivity index (χ0v) is 25.4. The van der Waals surface area contributed by atoms with Gasteiger partial charge in [0, 0.05) is 42.7 Å². The quantitative estimate of drug-likeness (QED) is 0.250. The van der Waals surface area contributed by atoms with Crippen molar-refractivity contribution < 1.29 is 23.4 Å². The summed E-state index contributed by atoms with van der Waals surface area (Å²) >= 11 is 6.50. The van der Waals surface area contributed by atoms with Gasteiger partial charge in [0.05, 0.1) is 11.0 Å². The molecule has 0 heterocycles. The number of rotatable bonds is 13. The molecule has 1 atom stereocenters. The van der Waals surface area contributed by atoms with E-state index in [1.54, 1.807) is 6.07 Å². The largest absolute Gasteiger partial charge is 0.481 e. The molecule has 3 aromatic rings. The average Bonchev–Trinajstić information content (AvgIpc) is 3.32. The van der Waals surface area contributed by atoms with Gasteiger partial charge in [0.1, 0.15) is 0 Å². The van der Waals surface area contributed by atoms with Crippen molar-refractivity contribution in [2.24, 2.45) is 5.92 Å². The second kappa shape index (κ2) is 13.0. The summed E-state index contributed by atoms with van der Waals surface area (Å²) in [6, 6.07) is 20.5. The van der Waals surface area contributed by atoms with Crippen molar-refractivity contribution in [3.05, 3.63) is 88.4 Å². The van der Waals surface area contributed by atoms with E-state index in [9.17, 15) is 18.3 Å². The van der Waals surface area contributed by atoms with Gasteiger partial charge in [-0.25, -0.2) is 8.42 Å². The fourth-order valence-electron chi connectivity index (χ4n) is 5.61. The van der Waals surface area contributed by atoms with Gasteiger partial charge in [-0.3, -0.25) is 4.79 Å². The Balaban J connectivity index is 1.32. The smallest absolute Gasteiger partial charge is 0.303 e. The molecule has 1 aliphatic carbocycles. The molecule has 0 saturated carbocycles. The van der Waals surface area contributed by atoms with Crippen molar-refractivity contribution in [2.45, 2.75) is 62.5 Å². The van der Waals surface area contributed by atoms with Crippen LogP contribution < -0.4 is 5.32 Å². The molecule has 9 heteroatoms. The lowest BCUT2D eigenvalue weighted by Crippen LogP contribution is -2.47. The molecule has 220 valence electrons. The first-order chi connectivity index (χ1) is 19.3. The van der Waals surface area contributed by atoms with Crippen molar-refractivity contribution in [2.75, 3.05) is 20.1 Å². The maximum atomic E-state index is 13.3. The summed E-state index contributed by atoms with van der Waals surface area (Å²) in [5.41, 5.74) is 5.00. The molecule has 0 fully saturated rings. The molecular weight excluding hydrogens is 560 g/mol. The number of aryl methyl sites for hydroxylation is 1. The molecule has 0 radical (unpaired) electrons. The number of benzene rings is 3. The second-order valence-electron chi connectivity index (χ2n) is 11.7. The molecule has 1 aliphatic rings. The Morgan fingerprint density at radius 3 is 2.29 bits per heavy atom. The first kappa shape index (κ1) is 31.2. The Bertz CT molecular complexity index is 1450. The number of β-amino-alcohol motifs (C(OH)–C–C–N with tert-alkyl or cyclic N) is 1. The summed E-state index contributed by atoms with van der Waals surface area (Å²) in [7, 11) is -2.42. The van der Waals surface area contributed by atoms with Gasteiger partial charge in [0.25, 0.3) is 0 Å². The first-order valence-electron chi connectivity index (χ1n) is 13.9. The SMILES string of the molecule is CN(CC(O)CNC(C)(C)CC1Cc2ccccc2C1)S(=O)(=O)c1ccc(-c2ccc(CCC(=O)O)cc2)c(Cl)c1. The van der Waals surface area contributed by atoms with Crippen LogP contribution in [0, 0.1) is 5.92 Å². The van der Waals surface area contributed by atoms with Crippen molar-refractivity contribution in [3.63, 3.8) is 0 Å². The lowest BCUT2D eigenvalue weighted by molar-refractivity contribution is -0.136. The zero-order chi connectivity index (χ0) is 29.8. The molecule has 3 aromatic carbocycles. The van der Waals surface area contributed by atoms with Crippen LogP contribution in [-0.4, -0.2) is 60.7 Å². The molecule has 1 unspecified atom stereocenters.